The highest BCUT2D eigenvalue weighted by Gasteiger charge is 2.32. The maximum Gasteiger partial charge on any atom is 0.163 e. The predicted molar refractivity (Wildman–Crippen MR) is 61.5 cm³/mol. The average molecular weight is 240 g/mol. The Labute approximate surface area is 100 Å². The van der Waals surface area contributed by atoms with Crippen molar-refractivity contribution in [1.29, 1.82) is 0 Å². The third kappa shape index (κ3) is 3.17. The molecular weight excluding hydrogens is 223 g/mol. The lowest BCUT2D eigenvalue weighted by Gasteiger charge is -2.17. The predicted octanol–water partition coefficient (Wildman–Crippen LogP) is 2.66. The first-order chi connectivity index (χ1) is 7.96. The van der Waals surface area contributed by atoms with Crippen molar-refractivity contribution >= 4 is 0 Å². The van der Waals surface area contributed by atoms with E-state index >= 15 is 0 Å². The van der Waals surface area contributed by atoms with Crippen LogP contribution in [0, 0.1) is 12.7 Å². The first-order valence-electron chi connectivity index (χ1n) is 5.67. The van der Waals surface area contributed by atoms with E-state index in [0.29, 0.717) is 24.5 Å². The number of hydrogen-bond donors (Lipinski definition) is 0. The Bertz CT molecular complexity index is 404. The van der Waals surface area contributed by atoms with E-state index in [-0.39, 0.29) is 11.9 Å². The van der Waals surface area contributed by atoms with Gasteiger partial charge in [-0.25, -0.2) is 4.39 Å². The molecule has 17 heavy (non-hydrogen) atoms. The van der Waals surface area contributed by atoms with Crippen molar-refractivity contribution < 1.29 is 18.6 Å². The Morgan fingerprint density at radius 1 is 1.47 bits per heavy atom. The highest BCUT2D eigenvalue weighted by molar-refractivity contribution is 5.27. The van der Waals surface area contributed by atoms with Gasteiger partial charge < -0.3 is 14.2 Å². The molecule has 3 nitrogen and oxygen atoms in total. The minimum Gasteiger partial charge on any atom is -0.491 e. The van der Waals surface area contributed by atoms with E-state index in [1.54, 1.807) is 19.1 Å². The molecule has 1 aromatic rings. The maximum absolute atomic E-state index is 13.3. The van der Waals surface area contributed by atoms with E-state index in [0.717, 1.165) is 0 Å². The number of benzene rings is 1. The number of ether oxygens (including phenoxy) is 3. The molecule has 1 heterocycles. The van der Waals surface area contributed by atoms with Gasteiger partial charge in [0.25, 0.3) is 0 Å². The zero-order chi connectivity index (χ0) is 12.5. The van der Waals surface area contributed by atoms with Gasteiger partial charge in [0, 0.05) is 6.07 Å². The summed E-state index contributed by atoms with van der Waals surface area (Å²) in [4.78, 5) is 0. The Kier molecular flexibility index (Phi) is 3.35. The summed E-state index contributed by atoms with van der Waals surface area (Å²) in [6.07, 6.45) is -0.102. The molecule has 0 bridgehead atoms. The van der Waals surface area contributed by atoms with Crippen LogP contribution in [0.15, 0.2) is 18.2 Å². The average Bonchev–Trinajstić information content (AvgIpc) is 2.60. The van der Waals surface area contributed by atoms with E-state index in [4.69, 9.17) is 14.2 Å². The van der Waals surface area contributed by atoms with Gasteiger partial charge in [0.2, 0.25) is 0 Å². The second-order valence-electron chi connectivity index (χ2n) is 4.67. The van der Waals surface area contributed by atoms with Gasteiger partial charge in [-0.2, -0.15) is 0 Å². The minimum atomic E-state index is -0.549. The monoisotopic (exact) mass is 240 g/mol. The molecule has 0 amide bonds. The molecule has 1 fully saturated rings. The van der Waals surface area contributed by atoms with Gasteiger partial charge in [0.05, 0.1) is 6.61 Å². The van der Waals surface area contributed by atoms with Crippen molar-refractivity contribution in [2.45, 2.75) is 32.7 Å². The molecule has 0 N–H and O–H groups in total. The standard InChI is InChI=1S/C13H17FO3/c1-9-4-5-10(6-12(9)14)15-7-11-8-16-13(2,3)17-11/h4-6,11H,7-8H2,1-3H3. The highest BCUT2D eigenvalue weighted by Crippen LogP contribution is 2.23. The van der Waals surface area contributed by atoms with Gasteiger partial charge in [-0.1, -0.05) is 6.07 Å². The SMILES string of the molecule is Cc1ccc(OCC2COC(C)(C)O2)cc1F. The Hall–Kier alpha value is -1.13. The molecule has 1 aliphatic rings. The topological polar surface area (TPSA) is 27.7 Å². The van der Waals surface area contributed by atoms with Crippen LogP contribution in [0.4, 0.5) is 4.39 Å². The van der Waals surface area contributed by atoms with Gasteiger partial charge in [-0.15, -0.1) is 0 Å². The van der Waals surface area contributed by atoms with E-state index in [1.165, 1.54) is 6.07 Å². The molecule has 1 aromatic carbocycles. The molecule has 0 radical (unpaired) electrons. The van der Waals surface area contributed by atoms with Crippen molar-refractivity contribution in [2.75, 3.05) is 13.2 Å². The molecule has 0 aliphatic carbocycles. The Morgan fingerprint density at radius 2 is 2.24 bits per heavy atom. The molecule has 2 rings (SSSR count). The number of halogens is 1. The largest absolute Gasteiger partial charge is 0.491 e. The fourth-order valence-corrected chi connectivity index (χ4v) is 1.70. The summed E-state index contributed by atoms with van der Waals surface area (Å²) in [5, 5.41) is 0. The lowest BCUT2D eigenvalue weighted by molar-refractivity contribution is -0.141. The number of hydrogen-bond acceptors (Lipinski definition) is 3. The fourth-order valence-electron chi connectivity index (χ4n) is 1.70. The van der Waals surface area contributed by atoms with Gasteiger partial charge >= 0.3 is 0 Å². The third-order valence-electron chi connectivity index (χ3n) is 2.65. The van der Waals surface area contributed by atoms with Crippen molar-refractivity contribution in [3.05, 3.63) is 29.6 Å². The summed E-state index contributed by atoms with van der Waals surface area (Å²) in [7, 11) is 0. The molecule has 4 heteroatoms. The van der Waals surface area contributed by atoms with Crippen LogP contribution in [0.1, 0.15) is 19.4 Å². The first-order valence-corrected chi connectivity index (χ1v) is 5.67. The van der Waals surface area contributed by atoms with Crippen molar-refractivity contribution in [2.24, 2.45) is 0 Å². The smallest absolute Gasteiger partial charge is 0.163 e. The Balaban J connectivity index is 1.88. The first kappa shape index (κ1) is 12.3. The van der Waals surface area contributed by atoms with Crippen LogP contribution in [0.2, 0.25) is 0 Å². The molecule has 94 valence electrons. The van der Waals surface area contributed by atoms with Crippen molar-refractivity contribution in [3.8, 4) is 5.75 Å². The fraction of sp³-hybridized carbons (Fsp3) is 0.538. The molecular formula is C13H17FO3. The van der Waals surface area contributed by atoms with E-state index in [2.05, 4.69) is 0 Å². The number of rotatable bonds is 3. The highest BCUT2D eigenvalue weighted by atomic mass is 19.1. The summed E-state index contributed by atoms with van der Waals surface area (Å²) < 4.78 is 29.7. The number of aryl methyl sites for hydroxylation is 1. The lowest BCUT2D eigenvalue weighted by Crippen LogP contribution is -2.25. The van der Waals surface area contributed by atoms with Gasteiger partial charge in [0.15, 0.2) is 5.79 Å². The van der Waals surface area contributed by atoms with Gasteiger partial charge in [0.1, 0.15) is 24.3 Å². The Morgan fingerprint density at radius 3 is 2.82 bits per heavy atom. The summed E-state index contributed by atoms with van der Waals surface area (Å²) in [5.74, 6) is -0.292. The van der Waals surface area contributed by atoms with Crippen LogP contribution in [-0.2, 0) is 9.47 Å². The van der Waals surface area contributed by atoms with Crippen LogP contribution in [-0.4, -0.2) is 25.1 Å². The normalized spacial score (nSPS) is 22.7. The third-order valence-corrected chi connectivity index (χ3v) is 2.65. The van der Waals surface area contributed by atoms with Crippen molar-refractivity contribution in [1.82, 2.24) is 0 Å². The quantitative estimate of drug-likeness (QED) is 0.813. The van der Waals surface area contributed by atoms with Crippen LogP contribution >= 0.6 is 0 Å². The zero-order valence-electron chi connectivity index (χ0n) is 10.3. The summed E-state index contributed by atoms with van der Waals surface area (Å²) in [6.45, 7) is 6.31. The van der Waals surface area contributed by atoms with Gasteiger partial charge in [-0.05, 0) is 32.4 Å². The molecule has 0 saturated carbocycles. The summed E-state index contributed by atoms with van der Waals surface area (Å²) in [5.41, 5.74) is 0.610. The van der Waals surface area contributed by atoms with E-state index in [9.17, 15) is 4.39 Å². The maximum atomic E-state index is 13.3. The van der Waals surface area contributed by atoms with Crippen LogP contribution in [0.25, 0.3) is 0 Å². The summed E-state index contributed by atoms with van der Waals surface area (Å²) in [6, 6.07) is 4.83. The zero-order valence-corrected chi connectivity index (χ0v) is 10.3. The van der Waals surface area contributed by atoms with Crippen molar-refractivity contribution in [3.63, 3.8) is 0 Å². The van der Waals surface area contributed by atoms with E-state index < -0.39 is 5.79 Å². The van der Waals surface area contributed by atoms with Crippen LogP contribution in [0.3, 0.4) is 0 Å². The lowest BCUT2D eigenvalue weighted by atomic mass is 10.2. The van der Waals surface area contributed by atoms with Gasteiger partial charge in [-0.3, -0.25) is 0 Å². The second kappa shape index (κ2) is 4.63. The minimum absolute atomic E-state index is 0.102. The molecule has 1 aliphatic heterocycles. The molecule has 1 atom stereocenters. The van der Waals surface area contributed by atoms with Crippen LogP contribution < -0.4 is 4.74 Å². The summed E-state index contributed by atoms with van der Waals surface area (Å²) >= 11 is 0. The molecule has 1 saturated heterocycles. The van der Waals surface area contributed by atoms with E-state index in [1.807, 2.05) is 13.8 Å². The second-order valence-corrected chi connectivity index (χ2v) is 4.67. The molecule has 0 aromatic heterocycles. The molecule has 1 unspecified atom stereocenters. The van der Waals surface area contributed by atoms with Crippen LogP contribution in [0.5, 0.6) is 5.75 Å². The molecule has 0 spiro atoms.